The molecule has 5 heteroatoms. The van der Waals surface area contributed by atoms with Crippen LogP contribution in [0, 0.1) is 0 Å². The SMILES string of the molecule is CCCC(N)C(=O)N(CC)C1CCN(c2ccccc2)C1=O. The number of nitrogens with two attached hydrogens (primary N) is 1. The van der Waals surface area contributed by atoms with Crippen molar-refractivity contribution in [3.8, 4) is 0 Å². The molecule has 2 rings (SSSR count). The van der Waals surface area contributed by atoms with Crippen molar-refractivity contribution in [3.63, 3.8) is 0 Å². The molecule has 0 radical (unpaired) electrons. The first-order chi connectivity index (χ1) is 10.6. The molecule has 0 bridgehead atoms. The zero-order valence-corrected chi connectivity index (χ0v) is 13.4. The second-order valence-corrected chi connectivity index (χ2v) is 5.65. The first kappa shape index (κ1) is 16.5. The number of hydrogen-bond donors (Lipinski definition) is 1. The molecule has 2 atom stereocenters. The molecular formula is C17H25N3O2. The van der Waals surface area contributed by atoms with Crippen LogP contribution in [-0.2, 0) is 9.59 Å². The van der Waals surface area contributed by atoms with Gasteiger partial charge in [-0.2, -0.15) is 0 Å². The Kier molecular flexibility index (Phi) is 5.55. The van der Waals surface area contributed by atoms with Crippen LogP contribution in [0.15, 0.2) is 30.3 Å². The Bertz CT molecular complexity index is 518. The molecule has 0 saturated carbocycles. The van der Waals surface area contributed by atoms with E-state index < -0.39 is 6.04 Å². The maximum Gasteiger partial charge on any atom is 0.249 e. The van der Waals surface area contributed by atoms with E-state index in [4.69, 9.17) is 5.73 Å². The molecular weight excluding hydrogens is 278 g/mol. The number of anilines is 1. The van der Waals surface area contributed by atoms with Crippen molar-refractivity contribution < 1.29 is 9.59 Å². The number of hydrogen-bond acceptors (Lipinski definition) is 3. The average Bonchev–Trinajstić information content (AvgIpc) is 2.91. The molecule has 120 valence electrons. The first-order valence-corrected chi connectivity index (χ1v) is 8.02. The van der Waals surface area contributed by atoms with Gasteiger partial charge in [-0.05, 0) is 31.9 Å². The number of carbonyl (C=O) groups is 2. The predicted molar refractivity (Wildman–Crippen MR) is 87.5 cm³/mol. The lowest BCUT2D eigenvalue weighted by Crippen LogP contribution is -2.51. The van der Waals surface area contributed by atoms with Gasteiger partial charge in [-0.3, -0.25) is 9.59 Å². The molecule has 5 nitrogen and oxygen atoms in total. The van der Waals surface area contributed by atoms with E-state index in [0.717, 1.165) is 12.1 Å². The monoisotopic (exact) mass is 303 g/mol. The lowest BCUT2D eigenvalue weighted by molar-refractivity contribution is -0.139. The fourth-order valence-electron chi connectivity index (χ4n) is 3.00. The molecule has 0 spiro atoms. The van der Waals surface area contributed by atoms with E-state index in [0.29, 0.717) is 25.9 Å². The highest BCUT2D eigenvalue weighted by atomic mass is 16.2. The average molecular weight is 303 g/mol. The van der Waals surface area contributed by atoms with Crippen molar-refractivity contribution in [3.05, 3.63) is 30.3 Å². The second-order valence-electron chi connectivity index (χ2n) is 5.65. The second kappa shape index (κ2) is 7.40. The quantitative estimate of drug-likeness (QED) is 0.871. The molecule has 1 saturated heterocycles. The summed E-state index contributed by atoms with van der Waals surface area (Å²) in [7, 11) is 0. The van der Waals surface area contributed by atoms with Crippen molar-refractivity contribution in [1.82, 2.24) is 4.90 Å². The van der Waals surface area contributed by atoms with Crippen LogP contribution in [0.4, 0.5) is 5.69 Å². The van der Waals surface area contributed by atoms with E-state index in [-0.39, 0.29) is 17.9 Å². The van der Waals surface area contributed by atoms with E-state index in [2.05, 4.69) is 0 Å². The van der Waals surface area contributed by atoms with Gasteiger partial charge in [0.25, 0.3) is 0 Å². The summed E-state index contributed by atoms with van der Waals surface area (Å²) in [5, 5.41) is 0. The lowest BCUT2D eigenvalue weighted by atomic mass is 10.1. The predicted octanol–water partition coefficient (Wildman–Crippen LogP) is 1.77. The normalized spacial score (nSPS) is 19.3. The Morgan fingerprint density at radius 3 is 2.64 bits per heavy atom. The number of likely N-dealkylation sites (N-methyl/N-ethyl adjacent to an activating group) is 1. The standard InChI is InChI=1S/C17H25N3O2/c1-3-8-14(18)16(21)19(4-2)15-11-12-20(17(15)22)13-9-6-5-7-10-13/h5-7,9-10,14-15H,3-4,8,11-12,18H2,1-2H3. The Morgan fingerprint density at radius 2 is 2.05 bits per heavy atom. The van der Waals surface area contributed by atoms with Gasteiger partial charge >= 0.3 is 0 Å². The van der Waals surface area contributed by atoms with Gasteiger partial charge < -0.3 is 15.5 Å². The van der Waals surface area contributed by atoms with Gasteiger partial charge in [-0.1, -0.05) is 31.5 Å². The van der Waals surface area contributed by atoms with Crippen LogP contribution in [0.25, 0.3) is 0 Å². The topological polar surface area (TPSA) is 66.6 Å². The van der Waals surface area contributed by atoms with Gasteiger partial charge in [0, 0.05) is 18.8 Å². The minimum absolute atomic E-state index is 0.00917. The van der Waals surface area contributed by atoms with Crippen LogP contribution in [0.5, 0.6) is 0 Å². The van der Waals surface area contributed by atoms with Crippen molar-refractivity contribution in [2.24, 2.45) is 5.73 Å². The third-order valence-corrected chi connectivity index (χ3v) is 4.16. The summed E-state index contributed by atoms with van der Waals surface area (Å²) >= 11 is 0. The Balaban J connectivity index is 2.12. The maximum absolute atomic E-state index is 12.7. The van der Waals surface area contributed by atoms with Gasteiger partial charge in [-0.15, -0.1) is 0 Å². The molecule has 1 aliphatic rings. The van der Waals surface area contributed by atoms with Crippen LogP contribution in [0.1, 0.15) is 33.1 Å². The molecule has 2 amide bonds. The molecule has 1 fully saturated rings. The zero-order chi connectivity index (χ0) is 16.1. The van der Waals surface area contributed by atoms with Crippen molar-refractivity contribution in [2.45, 2.75) is 45.2 Å². The van der Waals surface area contributed by atoms with Crippen molar-refractivity contribution in [1.29, 1.82) is 0 Å². The summed E-state index contributed by atoms with van der Waals surface area (Å²) in [6.45, 7) is 5.05. The zero-order valence-electron chi connectivity index (χ0n) is 13.4. The molecule has 0 aromatic heterocycles. The van der Waals surface area contributed by atoms with Gasteiger partial charge in [0.15, 0.2) is 0 Å². The number of amides is 2. The summed E-state index contributed by atoms with van der Waals surface area (Å²) in [5.41, 5.74) is 6.83. The molecule has 1 aromatic rings. The summed E-state index contributed by atoms with van der Waals surface area (Å²) in [4.78, 5) is 28.6. The highest BCUT2D eigenvalue weighted by Gasteiger charge is 2.39. The number of benzene rings is 1. The molecule has 1 heterocycles. The van der Waals surface area contributed by atoms with Crippen molar-refractivity contribution in [2.75, 3.05) is 18.0 Å². The molecule has 22 heavy (non-hydrogen) atoms. The number of rotatable bonds is 6. The number of para-hydroxylation sites is 1. The van der Waals surface area contributed by atoms with E-state index in [1.807, 2.05) is 44.2 Å². The third-order valence-electron chi connectivity index (χ3n) is 4.16. The molecule has 0 aliphatic carbocycles. The lowest BCUT2D eigenvalue weighted by Gasteiger charge is -2.29. The van der Waals surface area contributed by atoms with Crippen LogP contribution >= 0.6 is 0 Å². The number of nitrogens with zero attached hydrogens (tertiary/aromatic N) is 2. The van der Waals surface area contributed by atoms with Gasteiger partial charge in [0.2, 0.25) is 11.8 Å². The van der Waals surface area contributed by atoms with Gasteiger partial charge in [0.05, 0.1) is 6.04 Å². The fraction of sp³-hybridized carbons (Fsp3) is 0.529. The van der Waals surface area contributed by atoms with Crippen LogP contribution in [-0.4, -0.2) is 41.9 Å². The molecule has 1 aliphatic heterocycles. The Labute approximate surface area is 132 Å². The van der Waals surface area contributed by atoms with E-state index in [1.54, 1.807) is 9.80 Å². The summed E-state index contributed by atoms with van der Waals surface area (Å²) in [5.74, 6) is -0.122. The fourth-order valence-corrected chi connectivity index (χ4v) is 3.00. The summed E-state index contributed by atoms with van der Waals surface area (Å²) < 4.78 is 0. The Morgan fingerprint density at radius 1 is 1.36 bits per heavy atom. The molecule has 2 N–H and O–H groups in total. The minimum atomic E-state index is -0.511. The summed E-state index contributed by atoms with van der Waals surface area (Å²) in [6.07, 6.45) is 2.17. The van der Waals surface area contributed by atoms with Crippen molar-refractivity contribution >= 4 is 17.5 Å². The van der Waals surface area contributed by atoms with E-state index in [1.165, 1.54) is 0 Å². The summed E-state index contributed by atoms with van der Waals surface area (Å²) in [6, 6.07) is 8.69. The van der Waals surface area contributed by atoms with Crippen LogP contribution in [0.2, 0.25) is 0 Å². The largest absolute Gasteiger partial charge is 0.330 e. The van der Waals surface area contributed by atoms with Gasteiger partial charge in [-0.25, -0.2) is 0 Å². The van der Waals surface area contributed by atoms with E-state index in [9.17, 15) is 9.59 Å². The van der Waals surface area contributed by atoms with E-state index >= 15 is 0 Å². The van der Waals surface area contributed by atoms with Crippen LogP contribution in [0.3, 0.4) is 0 Å². The number of carbonyl (C=O) groups excluding carboxylic acids is 2. The molecule has 2 unspecified atom stereocenters. The first-order valence-electron chi connectivity index (χ1n) is 8.02. The van der Waals surface area contributed by atoms with Crippen LogP contribution < -0.4 is 10.6 Å². The minimum Gasteiger partial charge on any atom is -0.330 e. The van der Waals surface area contributed by atoms with Gasteiger partial charge in [0.1, 0.15) is 6.04 Å². The highest BCUT2D eigenvalue weighted by molar-refractivity contribution is 6.01. The highest BCUT2D eigenvalue weighted by Crippen LogP contribution is 2.24. The third kappa shape index (κ3) is 3.30. The Hall–Kier alpha value is -1.88. The molecule has 1 aromatic carbocycles. The smallest absolute Gasteiger partial charge is 0.249 e. The maximum atomic E-state index is 12.7.